The van der Waals surface area contributed by atoms with E-state index in [1.54, 1.807) is 24.3 Å². The van der Waals surface area contributed by atoms with Crippen LogP contribution < -0.4 is 0 Å². The van der Waals surface area contributed by atoms with E-state index >= 15 is 0 Å². The molecule has 1 aromatic heterocycles. The second kappa shape index (κ2) is 5.95. The second-order valence-corrected chi connectivity index (χ2v) is 7.25. The zero-order valence-electron chi connectivity index (χ0n) is 13.1. The maximum atomic E-state index is 12.8. The van der Waals surface area contributed by atoms with Gasteiger partial charge < -0.3 is 4.42 Å². The average Bonchev–Trinajstić information content (AvgIpc) is 3.00. The summed E-state index contributed by atoms with van der Waals surface area (Å²) >= 11 is 0. The molecule has 2 aromatic carbocycles. The number of aryl methyl sites for hydroxylation is 2. The van der Waals surface area contributed by atoms with Crippen molar-refractivity contribution in [1.29, 1.82) is 5.26 Å². The number of nitrogens with zero attached hydrogens (tertiary/aromatic N) is 2. The number of nitriles is 1. The fourth-order valence-electron chi connectivity index (χ4n) is 2.31. The zero-order valence-corrected chi connectivity index (χ0v) is 14.0. The Kier molecular flexibility index (Phi) is 3.96. The van der Waals surface area contributed by atoms with Gasteiger partial charge in [-0.15, -0.1) is 0 Å². The van der Waals surface area contributed by atoms with Crippen LogP contribution in [-0.2, 0) is 9.84 Å². The molecule has 0 saturated carbocycles. The fraction of sp³-hybridized carbons (Fsp3) is 0.111. The number of sulfone groups is 1. The van der Waals surface area contributed by atoms with Crippen LogP contribution in [0.25, 0.3) is 11.5 Å². The predicted octanol–water partition coefficient (Wildman–Crippen LogP) is 3.66. The van der Waals surface area contributed by atoms with Crippen LogP contribution in [0.1, 0.15) is 16.8 Å². The topological polar surface area (TPSA) is 84.0 Å². The number of oxazole rings is 1. The van der Waals surface area contributed by atoms with Gasteiger partial charge in [-0.1, -0.05) is 35.9 Å². The predicted molar refractivity (Wildman–Crippen MR) is 88.0 cm³/mol. The van der Waals surface area contributed by atoms with Gasteiger partial charge in [0, 0.05) is 5.56 Å². The van der Waals surface area contributed by atoms with Gasteiger partial charge in [0.2, 0.25) is 15.7 Å². The molecular weight excluding hydrogens is 324 g/mol. The summed E-state index contributed by atoms with van der Waals surface area (Å²) in [4.78, 5) is 4.13. The summed E-state index contributed by atoms with van der Waals surface area (Å²) in [6.07, 6.45) is 0. The third kappa shape index (κ3) is 2.70. The van der Waals surface area contributed by atoms with Crippen LogP contribution in [0.3, 0.4) is 0 Å². The quantitative estimate of drug-likeness (QED) is 0.727. The maximum absolute atomic E-state index is 12.8. The summed E-state index contributed by atoms with van der Waals surface area (Å²) in [5, 5.41) is 8.84. The van der Waals surface area contributed by atoms with E-state index in [1.807, 2.05) is 32.0 Å². The Morgan fingerprint density at radius 3 is 2.33 bits per heavy atom. The molecule has 0 unspecified atom stereocenters. The van der Waals surface area contributed by atoms with Gasteiger partial charge in [-0.25, -0.2) is 8.42 Å². The summed E-state index contributed by atoms with van der Waals surface area (Å²) in [5.41, 5.74) is 2.23. The lowest BCUT2D eigenvalue weighted by Crippen LogP contribution is -2.02. The van der Waals surface area contributed by atoms with Crippen molar-refractivity contribution in [3.63, 3.8) is 0 Å². The lowest BCUT2D eigenvalue weighted by molar-refractivity contribution is 0.457. The van der Waals surface area contributed by atoms with Crippen molar-refractivity contribution in [2.75, 3.05) is 0 Å². The number of benzene rings is 2. The van der Waals surface area contributed by atoms with Gasteiger partial charge in [-0.2, -0.15) is 10.2 Å². The minimum absolute atomic E-state index is 0.0667. The first-order chi connectivity index (χ1) is 11.4. The van der Waals surface area contributed by atoms with Crippen molar-refractivity contribution < 1.29 is 12.8 Å². The van der Waals surface area contributed by atoms with Crippen molar-refractivity contribution in [1.82, 2.24) is 4.98 Å². The molecule has 0 atom stereocenters. The Bertz CT molecular complexity index is 1040. The van der Waals surface area contributed by atoms with Crippen LogP contribution in [-0.4, -0.2) is 13.4 Å². The van der Waals surface area contributed by atoms with E-state index in [-0.39, 0.29) is 16.5 Å². The highest BCUT2D eigenvalue weighted by atomic mass is 32.2. The first kappa shape index (κ1) is 16.0. The molecule has 3 rings (SSSR count). The molecule has 0 spiro atoms. The number of hydrogen-bond acceptors (Lipinski definition) is 5. The van der Waals surface area contributed by atoms with Gasteiger partial charge >= 0.3 is 0 Å². The van der Waals surface area contributed by atoms with Gasteiger partial charge in [0.15, 0.2) is 5.69 Å². The Morgan fingerprint density at radius 1 is 1.04 bits per heavy atom. The Labute approximate surface area is 140 Å². The van der Waals surface area contributed by atoms with Crippen molar-refractivity contribution in [3.05, 3.63) is 65.4 Å². The highest BCUT2D eigenvalue weighted by molar-refractivity contribution is 7.91. The summed E-state index contributed by atoms with van der Waals surface area (Å²) in [5.74, 6) is 0.121. The van der Waals surface area contributed by atoms with E-state index in [2.05, 4.69) is 4.98 Å². The molecule has 5 nitrogen and oxygen atoms in total. The molecule has 0 radical (unpaired) electrons. The van der Waals surface area contributed by atoms with Crippen LogP contribution >= 0.6 is 0 Å². The van der Waals surface area contributed by atoms with E-state index in [4.69, 9.17) is 4.42 Å². The standard InChI is InChI=1S/C18H14N2O3S/c1-12-7-9-14(10-8-12)24(21,22)18-16(11-19)20-17(23-18)15-6-4-3-5-13(15)2/h3-10H,1-2H3. The Balaban J connectivity index is 2.17. The Hall–Kier alpha value is -2.91. The van der Waals surface area contributed by atoms with Crippen LogP contribution in [0.2, 0.25) is 0 Å². The maximum Gasteiger partial charge on any atom is 0.261 e. The first-order valence-corrected chi connectivity index (χ1v) is 8.70. The van der Waals surface area contributed by atoms with Gasteiger partial charge in [-0.3, -0.25) is 0 Å². The molecule has 0 amide bonds. The molecule has 0 aliphatic rings. The summed E-state index contributed by atoms with van der Waals surface area (Å²) in [6.45, 7) is 3.72. The zero-order chi connectivity index (χ0) is 17.3. The van der Waals surface area contributed by atoms with E-state index in [0.717, 1.165) is 11.1 Å². The summed E-state index contributed by atoms with van der Waals surface area (Å²) < 4.78 is 31.0. The molecule has 0 aliphatic heterocycles. The molecule has 0 bridgehead atoms. The van der Waals surface area contributed by atoms with Gasteiger partial charge in [0.1, 0.15) is 6.07 Å². The van der Waals surface area contributed by atoms with Crippen LogP contribution in [0.5, 0.6) is 0 Å². The SMILES string of the molecule is Cc1ccc(S(=O)(=O)c2oc(-c3ccccc3C)nc2C#N)cc1. The monoisotopic (exact) mass is 338 g/mol. The largest absolute Gasteiger partial charge is 0.423 e. The van der Waals surface area contributed by atoms with E-state index in [1.165, 1.54) is 12.1 Å². The molecule has 0 aliphatic carbocycles. The highest BCUT2D eigenvalue weighted by Crippen LogP contribution is 2.30. The number of hydrogen-bond donors (Lipinski definition) is 0. The lowest BCUT2D eigenvalue weighted by Gasteiger charge is -2.02. The van der Waals surface area contributed by atoms with Crippen molar-refractivity contribution in [2.45, 2.75) is 23.8 Å². The van der Waals surface area contributed by atoms with Crippen LogP contribution in [0.4, 0.5) is 0 Å². The van der Waals surface area contributed by atoms with E-state index in [9.17, 15) is 13.7 Å². The molecule has 0 saturated heterocycles. The fourth-order valence-corrected chi connectivity index (χ4v) is 3.55. The van der Waals surface area contributed by atoms with Gasteiger partial charge in [0.05, 0.1) is 4.90 Å². The van der Waals surface area contributed by atoms with E-state index < -0.39 is 14.9 Å². The van der Waals surface area contributed by atoms with Crippen LogP contribution in [0, 0.1) is 25.2 Å². The van der Waals surface area contributed by atoms with Crippen LogP contribution in [0.15, 0.2) is 62.9 Å². The summed E-state index contributed by atoms with van der Waals surface area (Å²) in [7, 11) is -3.95. The van der Waals surface area contributed by atoms with Gasteiger partial charge in [0.25, 0.3) is 5.09 Å². The molecule has 0 fully saturated rings. The molecule has 1 heterocycles. The number of rotatable bonds is 3. The molecular formula is C18H14N2O3S. The average molecular weight is 338 g/mol. The third-order valence-electron chi connectivity index (χ3n) is 3.65. The summed E-state index contributed by atoms with van der Waals surface area (Å²) in [6, 6.07) is 15.5. The van der Waals surface area contributed by atoms with Gasteiger partial charge in [-0.05, 0) is 37.6 Å². The number of aromatic nitrogens is 1. The normalized spacial score (nSPS) is 11.2. The van der Waals surface area contributed by atoms with Crippen molar-refractivity contribution >= 4 is 9.84 Å². The molecule has 3 aromatic rings. The minimum Gasteiger partial charge on any atom is -0.423 e. The molecule has 120 valence electrons. The Morgan fingerprint density at radius 2 is 1.71 bits per heavy atom. The molecule has 6 heteroatoms. The highest BCUT2D eigenvalue weighted by Gasteiger charge is 2.29. The minimum atomic E-state index is -3.95. The van der Waals surface area contributed by atoms with E-state index in [0.29, 0.717) is 5.56 Å². The molecule has 0 N–H and O–H groups in total. The smallest absolute Gasteiger partial charge is 0.261 e. The third-order valence-corrected chi connectivity index (χ3v) is 5.31. The first-order valence-electron chi connectivity index (χ1n) is 7.22. The second-order valence-electron chi connectivity index (χ2n) is 5.40. The van der Waals surface area contributed by atoms with Crippen molar-refractivity contribution in [3.8, 4) is 17.5 Å². The van der Waals surface area contributed by atoms with Crippen molar-refractivity contribution in [2.24, 2.45) is 0 Å². The lowest BCUT2D eigenvalue weighted by atomic mass is 10.1. The molecule has 24 heavy (non-hydrogen) atoms.